The molecule has 0 aliphatic carbocycles. The van der Waals surface area contributed by atoms with Gasteiger partial charge in [-0.25, -0.2) is 0 Å². The van der Waals surface area contributed by atoms with Gasteiger partial charge in [0.2, 0.25) is 0 Å². The molecule has 0 aromatic carbocycles. The van der Waals surface area contributed by atoms with Crippen molar-refractivity contribution in [1.82, 2.24) is 0 Å². The van der Waals surface area contributed by atoms with E-state index in [0.29, 0.717) is 13.2 Å². The van der Waals surface area contributed by atoms with Crippen LogP contribution in [0.1, 0.15) is 25.7 Å². The van der Waals surface area contributed by atoms with E-state index in [1.807, 2.05) is 0 Å². The second kappa shape index (κ2) is 17.6. The van der Waals surface area contributed by atoms with Crippen LogP contribution in [-0.2, 0) is 38.0 Å². The largest absolute Gasteiger partial charge is 0.466 e. The average molecular weight is 411 g/mol. The first-order valence-electron chi connectivity index (χ1n) is 8.99. The molecule has 154 valence electrons. The summed E-state index contributed by atoms with van der Waals surface area (Å²) in [6.45, 7) is 0.734. The highest BCUT2D eigenvalue weighted by molar-refractivity contribution is 6.36. The number of esters is 2. The molecular weight excluding hydrogens is 376 g/mol. The zero-order valence-electron chi connectivity index (χ0n) is 16.5. The molecule has 0 fully saturated rings. The van der Waals surface area contributed by atoms with Crippen LogP contribution in [0.25, 0.3) is 0 Å². The van der Waals surface area contributed by atoms with E-state index < -0.39 is 19.0 Å². The third-order valence-electron chi connectivity index (χ3n) is 3.78. The summed E-state index contributed by atoms with van der Waals surface area (Å²) in [6, 6.07) is 1.94. The van der Waals surface area contributed by atoms with Gasteiger partial charge >= 0.3 is 11.9 Å². The summed E-state index contributed by atoms with van der Waals surface area (Å²) < 4.78 is 30.7. The third-order valence-corrected chi connectivity index (χ3v) is 7.87. The summed E-state index contributed by atoms with van der Waals surface area (Å²) in [5, 5.41) is 0. The number of hydrogen-bond acceptors (Lipinski definition) is 8. The van der Waals surface area contributed by atoms with Crippen LogP contribution >= 0.6 is 0 Å². The fourth-order valence-electron chi connectivity index (χ4n) is 2.21. The lowest BCUT2D eigenvalue weighted by atomic mass is 10.3. The van der Waals surface area contributed by atoms with Gasteiger partial charge in [-0.2, -0.15) is 0 Å². The van der Waals surface area contributed by atoms with Gasteiger partial charge in [-0.15, -0.1) is 0 Å². The fourth-order valence-corrected chi connectivity index (χ4v) is 4.81. The maximum atomic E-state index is 11.6. The second-order valence-electron chi connectivity index (χ2n) is 5.73. The Balaban J connectivity index is 3.54. The molecule has 26 heavy (non-hydrogen) atoms. The van der Waals surface area contributed by atoms with Crippen LogP contribution in [0.2, 0.25) is 12.1 Å². The van der Waals surface area contributed by atoms with E-state index >= 15 is 0 Å². The molecule has 8 nitrogen and oxygen atoms in total. The van der Waals surface area contributed by atoms with E-state index in [4.69, 9.17) is 28.4 Å². The van der Waals surface area contributed by atoms with Gasteiger partial charge in [-0.1, -0.05) is 12.1 Å². The number of hydrogen-bond donors (Lipinski definition) is 0. The van der Waals surface area contributed by atoms with Crippen LogP contribution in [0.4, 0.5) is 0 Å². The summed E-state index contributed by atoms with van der Waals surface area (Å²) >= 11 is 0. The second-order valence-corrected chi connectivity index (χ2v) is 9.64. The molecule has 0 unspecified atom stereocenters. The minimum Gasteiger partial charge on any atom is -0.466 e. The molecule has 0 aromatic rings. The predicted octanol–water partition coefficient (Wildman–Crippen LogP) is -0.0398. The molecule has 0 amide bonds. The van der Waals surface area contributed by atoms with Crippen LogP contribution in [0.5, 0.6) is 0 Å². The number of carbonyl (C=O) groups excluding carboxylic acids is 2. The topological polar surface area (TPSA) is 89.5 Å². The van der Waals surface area contributed by atoms with Crippen molar-refractivity contribution in [2.45, 2.75) is 49.6 Å². The van der Waals surface area contributed by atoms with Crippen LogP contribution < -0.4 is 0 Å². The Labute approximate surface area is 160 Å². The van der Waals surface area contributed by atoms with E-state index in [1.54, 1.807) is 28.4 Å². The van der Waals surface area contributed by atoms with Crippen molar-refractivity contribution in [3.8, 4) is 0 Å². The zero-order chi connectivity index (χ0) is 19.6. The molecule has 0 saturated heterocycles. The Morgan fingerprint density at radius 3 is 1.35 bits per heavy atom. The van der Waals surface area contributed by atoms with Gasteiger partial charge < -0.3 is 28.4 Å². The molecule has 10 heteroatoms. The summed E-state index contributed by atoms with van der Waals surface area (Å²) in [5.41, 5.74) is 0. The molecule has 0 spiro atoms. The van der Waals surface area contributed by atoms with Crippen LogP contribution in [0.3, 0.4) is 0 Å². The predicted molar refractivity (Wildman–Crippen MR) is 103 cm³/mol. The van der Waals surface area contributed by atoms with Crippen molar-refractivity contribution in [3.05, 3.63) is 0 Å². The summed E-state index contributed by atoms with van der Waals surface area (Å²) in [5.74, 6) is -0.904. The lowest BCUT2D eigenvalue weighted by Crippen LogP contribution is -2.21. The summed E-state index contributed by atoms with van der Waals surface area (Å²) in [7, 11) is 5.51. The van der Waals surface area contributed by atoms with Crippen molar-refractivity contribution in [2.75, 3.05) is 41.7 Å². The minimum atomic E-state index is -0.490. The Morgan fingerprint density at radius 2 is 1.04 bits per heavy atom. The SMILES string of the molecule is COC(OC)[SiH2]CCCOC(=O)CCC(=O)OCCC[SiH2]C(OC)OC. The Kier molecular flexibility index (Phi) is 17.1. The average Bonchev–Trinajstić information content (AvgIpc) is 2.66. The lowest BCUT2D eigenvalue weighted by molar-refractivity contribution is -0.150. The molecule has 0 atom stereocenters. The first-order valence-corrected chi connectivity index (χ1v) is 12.6. The molecule has 0 saturated carbocycles. The van der Waals surface area contributed by atoms with Crippen molar-refractivity contribution in [3.63, 3.8) is 0 Å². The van der Waals surface area contributed by atoms with Gasteiger partial charge in [0.1, 0.15) is 11.8 Å². The number of rotatable bonds is 17. The van der Waals surface area contributed by atoms with Crippen LogP contribution in [0.15, 0.2) is 0 Å². The van der Waals surface area contributed by atoms with E-state index in [2.05, 4.69) is 0 Å². The van der Waals surface area contributed by atoms with E-state index in [-0.39, 0.29) is 36.6 Å². The molecule has 0 N–H and O–H groups in total. The van der Waals surface area contributed by atoms with Crippen LogP contribution in [0, 0.1) is 0 Å². The van der Waals surface area contributed by atoms with Gasteiger partial charge in [-0.05, 0) is 12.8 Å². The molecular formula is C16H34O8Si2. The van der Waals surface area contributed by atoms with Crippen molar-refractivity contribution in [2.24, 2.45) is 0 Å². The van der Waals surface area contributed by atoms with E-state index in [9.17, 15) is 9.59 Å². The quantitative estimate of drug-likeness (QED) is 0.143. The Bertz CT molecular complexity index is 328. The highest BCUT2D eigenvalue weighted by Crippen LogP contribution is 2.02. The fraction of sp³-hybridized carbons (Fsp3) is 0.875. The van der Waals surface area contributed by atoms with Gasteiger partial charge in [-0.3, -0.25) is 9.59 Å². The summed E-state index contributed by atoms with van der Waals surface area (Å²) in [6.07, 6.45) is 1.69. The maximum absolute atomic E-state index is 11.6. The highest BCUT2D eigenvalue weighted by atomic mass is 28.2. The Hall–Kier alpha value is -0.786. The smallest absolute Gasteiger partial charge is 0.306 e. The standard InChI is InChI=1S/C16H34O8Si2/c1-19-15(20-2)25-11-5-9-23-13(17)7-8-14(18)24-10-6-12-26-16(21-3)22-4/h15-16H,5-12,25-26H2,1-4H3. The Morgan fingerprint density at radius 1 is 0.692 bits per heavy atom. The normalized spacial score (nSPS) is 12.1. The monoisotopic (exact) mass is 410 g/mol. The molecule has 0 bridgehead atoms. The summed E-state index contributed by atoms with van der Waals surface area (Å²) in [4.78, 5) is 23.2. The molecule has 0 rings (SSSR count). The molecule has 0 aromatic heterocycles. The minimum absolute atomic E-state index is 0.0548. The number of methoxy groups -OCH3 is 4. The van der Waals surface area contributed by atoms with Gasteiger partial charge in [0, 0.05) is 28.4 Å². The molecule has 0 radical (unpaired) electrons. The molecule has 0 heterocycles. The van der Waals surface area contributed by atoms with Crippen molar-refractivity contribution in [1.29, 1.82) is 0 Å². The highest BCUT2D eigenvalue weighted by Gasteiger charge is 2.10. The number of ether oxygens (including phenoxy) is 6. The van der Waals surface area contributed by atoms with Crippen molar-refractivity contribution < 1.29 is 38.0 Å². The van der Waals surface area contributed by atoms with Gasteiger partial charge in [0.05, 0.1) is 45.1 Å². The number of carbonyl (C=O) groups is 2. The first kappa shape index (κ1) is 25.2. The van der Waals surface area contributed by atoms with Crippen molar-refractivity contribution >= 4 is 31.0 Å². The van der Waals surface area contributed by atoms with Gasteiger partial charge in [0.25, 0.3) is 0 Å². The maximum Gasteiger partial charge on any atom is 0.306 e. The van der Waals surface area contributed by atoms with Gasteiger partial charge in [0.15, 0.2) is 0 Å². The van der Waals surface area contributed by atoms with Crippen LogP contribution in [-0.4, -0.2) is 84.5 Å². The van der Waals surface area contributed by atoms with E-state index in [1.165, 1.54) is 0 Å². The zero-order valence-corrected chi connectivity index (χ0v) is 19.3. The molecule has 0 aliphatic heterocycles. The first-order chi connectivity index (χ1) is 12.6. The third kappa shape index (κ3) is 14.4. The lowest BCUT2D eigenvalue weighted by Gasteiger charge is -2.12. The molecule has 0 aliphatic rings. The van der Waals surface area contributed by atoms with E-state index in [0.717, 1.165) is 24.9 Å².